The Balaban J connectivity index is 0.00000200. The van der Waals surface area contributed by atoms with Crippen LogP contribution in [0, 0.1) is 5.92 Å². The number of halogens is 2. The van der Waals surface area contributed by atoms with E-state index >= 15 is 0 Å². The fraction of sp³-hybridized carbons (Fsp3) is 0.500. The Morgan fingerprint density at radius 3 is 2.80 bits per heavy atom. The Labute approximate surface area is 130 Å². The molecule has 1 aliphatic rings. The highest BCUT2D eigenvalue weighted by molar-refractivity contribution is 6.30. The highest BCUT2D eigenvalue weighted by atomic mass is 35.5. The zero-order chi connectivity index (χ0) is 13.9. The van der Waals surface area contributed by atoms with Crippen molar-refractivity contribution in [1.82, 2.24) is 5.32 Å². The van der Waals surface area contributed by atoms with E-state index < -0.39 is 0 Å². The van der Waals surface area contributed by atoms with Crippen LogP contribution in [-0.2, 0) is 4.79 Å². The van der Waals surface area contributed by atoms with Gasteiger partial charge in [0.15, 0.2) is 6.61 Å². The predicted molar refractivity (Wildman–Crippen MR) is 82.5 cm³/mol. The monoisotopic (exact) mass is 318 g/mol. The van der Waals surface area contributed by atoms with Gasteiger partial charge in [-0.2, -0.15) is 0 Å². The van der Waals surface area contributed by atoms with Crippen molar-refractivity contribution < 1.29 is 9.53 Å². The Morgan fingerprint density at radius 2 is 2.25 bits per heavy atom. The summed E-state index contributed by atoms with van der Waals surface area (Å²) in [4.78, 5) is 11.9. The molecule has 1 aliphatic carbocycles. The summed E-state index contributed by atoms with van der Waals surface area (Å²) in [6, 6.07) is 6.98. The average Bonchev–Trinajstić information content (AvgIpc) is 3.21. The molecule has 6 heteroatoms. The molecule has 1 amide bonds. The number of nitrogens with two attached hydrogens (primary N) is 1. The third-order valence-corrected chi connectivity index (χ3v) is 3.73. The van der Waals surface area contributed by atoms with Gasteiger partial charge in [-0.05, 0) is 43.9 Å². The van der Waals surface area contributed by atoms with Crippen molar-refractivity contribution in [3.63, 3.8) is 0 Å². The molecular weight excluding hydrogens is 299 g/mol. The molecule has 1 saturated carbocycles. The van der Waals surface area contributed by atoms with Crippen molar-refractivity contribution in [1.29, 1.82) is 0 Å². The topological polar surface area (TPSA) is 64.3 Å². The average molecular weight is 319 g/mol. The van der Waals surface area contributed by atoms with Crippen LogP contribution in [0.2, 0.25) is 5.02 Å². The van der Waals surface area contributed by atoms with E-state index in [1.807, 2.05) is 6.92 Å². The van der Waals surface area contributed by atoms with Crippen molar-refractivity contribution in [2.45, 2.75) is 25.3 Å². The lowest BCUT2D eigenvalue weighted by Gasteiger charge is -2.29. The Hall–Kier alpha value is -0.970. The van der Waals surface area contributed by atoms with Crippen LogP contribution in [0.3, 0.4) is 0 Å². The number of nitrogens with one attached hydrogen (secondary N) is 1. The number of hydrogen-bond acceptors (Lipinski definition) is 3. The second-order valence-corrected chi connectivity index (χ2v) is 5.63. The van der Waals surface area contributed by atoms with E-state index in [1.165, 1.54) is 0 Å². The van der Waals surface area contributed by atoms with Gasteiger partial charge in [-0.1, -0.05) is 17.7 Å². The summed E-state index contributed by atoms with van der Waals surface area (Å²) in [6.07, 6.45) is 2.26. The lowest BCUT2D eigenvalue weighted by molar-refractivity contribution is -0.125. The van der Waals surface area contributed by atoms with Crippen LogP contribution in [0.4, 0.5) is 0 Å². The minimum absolute atomic E-state index is 0. The standard InChI is InChI=1S/C14H19ClN2O2.ClH/c1-14(9-16,10-5-6-10)17-13(18)8-19-12-4-2-3-11(15)7-12;/h2-4,7,10H,5-6,8-9,16H2,1H3,(H,17,18);1H. The van der Waals surface area contributed by atoms with Crippen molar-refractivity contribution in [2.24, 2.45) is 11.7 Å². The van der Waals surface area contributed by atoms with Gasteiger partial charge in [-0.15, -0.1) is 12.4 Å². The zero-order valence-electron chi connectivity index (χ0n) is 11.4. The second-order valence-electron chi connectivity index (χ2n) is 5.19. The molecule has 20 heavy (non-hydrogen) atoms. The highest BCUT2D eigenvalue weighted by Crippen LogP contribution is 2.38. The number of hydrogen-bond donors (Lipinski definition) is 2. The van der Waals surface area contributed by atoms with Gasteiger partial charge in [-0.25, -0.2) is 0 Å². The van der Waals surface area contributed by atoms with E-state index in [9.17, 15) is 4.79 Å². The molecule has 0 bridgehead atoms. The summed E-state index contributed by atoms with van der Waals surface area (Å²) < 4.78 is 5.40. The molecule has 0 aromatic heterocycles. The summed E-state index contributed by atoms with van der Waals surface area (Å²) in [5.41, 5.74) is 5.44. The molecular formula is C14H20Cl2N2O2. The molecule has 1 fully saturated rings. The first kappa shape index (κ1) is 17.1. The van der Waals surface area contributed by atoms with Crippen molar-refractivity contribution in [3.05, 3.63) is 29.3 Å². The van der Waals surface area contributed by atoms with Gasteiger partial charge >= 0.3 is 0 Å². The van der Waals surface area contributed by atoms with Crippen molar-refractivity contribution in [3.8, 4) is 5.75 Å². The maximum absolute atomic E-state index is 11.9. The first-order chi connectivity index (χ1) is 9.03. The van der Waals surface area contributed by atoms with Crippen LogP contribution in [0.5, 0.6) is 5.75 Å². The molecule has 1 atom stereocenters. The molecule has 1 aromatic carbocycles. The molecule has 3 N–H and O–H groups in total. The fourth-order valence-electron chi connectivity index (χ4n) is 2.10. The minimum Gasteiger partial charge on any atom is -0.484 e. The summed E-state index contributed by atoms with van der Waals surface area (Å²) in [7, 11) is 0. The minimum atomic E-state index is -0.311. The van der Waals surface area contributed by atoms with Gasteiger partial charge in [0, 0.05) is 11.6 Å². The van der Waals surface area contributed by atoms with Gasteiger partial charge in [0.1, 0.15) is 5.75 Å². The molecule has 0 radical (unpaired) electrons. The number of ether oxygens (including phenoxy) is 1. The van der Waals surface area contributed by atoms with Crippen LogP contribution in [0.15, 0.2) is 24.3 Å². The summed E-state index contributed by atoms with van der Waals surface area (Å²) in [5.74, 6) is 0.927. The molecule has 4 nitrogen and oxygen atoms in total. The van der Waals surface area contributed by atoms with Crippen molar-refractivity contribution >= 4 is 29.9 Å². The Morgan fingerprint density at radius 1 is 1.55 bits per heavy atom. The lowest BCUT2D eigenvalue weighted by Crippen LogP contribution is -2.54. The van der Waals surface area contributed by atoms with Gasteiger partial charge < -0.3 is 15.8 Å². The lowest BCUT2D eigenvalue weighted by atomic mass is 9.96. The van der Waals surface area contributed by atoms with Crippen LogP contribution in [-0.4, -0.2) is 24.6 Å². The number of amides is 1. The Kier molecular flexibility index (Phi) is 6.11. The first-order valence-corrected chi connectivity index (χ1v) is 6.81. The van der Waals surface area contributed by atoms with Crippen LogP contribution >= 0.6 is 24.0 Å². The normalized spacial score (nSPS) is 16.8. The summed E-state index contributed by atoms with van der Waals surface area (Å²) in [5, 5.41) is 3.55. The largest absolute Gasteiger partial charge is 0.484 e. The number of benzene rings is 1. The maximum atomic E-state index is 11.9. The van der Waals surface area contributed by atoms with E-state index in [0.717, 1.165) is 12.8 Å². The molecule has 2 rings (SSSR count). The van der Waals surface area contributed by atoms with E-state index in [4.69, 9.17) is 22.1 Å². The zero-order valence-corrected chi connectivity index (χ0v) is 13.0. The van der Waals surface area contributed by atoms with Gasteiger partial charge in [-0.3, -0.25) is 4.79 Å². The smallest absolute Gasteiger partial charge is 0.258 e. The van der Waals surface area contributed by atoms with E-state index in [-0.39, 0.29) is 30.5 Å². The fourth-order valence-corrected chi connectivity index (χ4v) is 2.28. The van der Waals surface area contributed by atoms with Crippen LogP contribution in [0.1, 0.15) is 19.8 Å². The SMILES string of the molecule is CC(CN)(NC(=O)COc1cccc(Cl)c1)C1CC1.Cl. The second kappa shape index (κ2) is 7.16. The Bertz CT molecular complexity index is 466. The molecule has 1 aromatic rings. The van der Waals surface area contributed by atoms with Crippen molar-refractivity contribution in [2.75, 3.05) is 13.2 Å². The number of carbonyl (C=O) groups is 1. The third-order valence-electron chi connectivity index (χ3n) is 3.49. The quantitative estimate of drug-likeness (QED) is 0.846. The molecule has 112 valence electrons. The number of carbonyl (C=O) groups excluding carboxylic acids is 1. The molecule has 1 unspecified atom stereocenters. The molecule has 0 saturated heterocycles. The highest BCUT2D eigenvalue weighted by Gasteiger charge is 2.41. The predicted octanol–water partition coefficient (Wildman–Crippen LogP) is 2.38. The number of rotatable bonds is 6. The van der Waals surface area contributed by atoms with Gasteiger partial charge in [0.2, 0.25) is 0 Å². The van der Waals surface area contributed by atoms with Gasteiger partial charge in [0.05, 0.1) is 5.54 Å². The molecule has 0 spiro atoms. The summed E-state index contributed by atoms with van der Waals surface area (Å²) >= 11 is 5.84. The maximum Gasteiger partial charge on any atom is 0.258 e. The van der Waals surface area contributed by atoms with Crippen LogP contribution < -0.4 is 15.8 Å². The van der Waals surface area contributed by atoms with Gasteiger partial charge in [0.25, 0.3) is 5.91 Å². The van der Waals surface area contributed by atoms with E-state index in [1.54, 1.807) is 24.3 Å². The van der Waals surface area contributed by atoms with E-state index in [2.05, 4.69) is 5.32 Å². The first-order valence-electron chi connectivity index (χ1n) is 6.43. The molecule has 0 heterocycles. The third kappa shape index (κ3) is 4.54. The van der Waals surface area contributed by atoms with E-state index in [0.29, 0.717) is 23.2 Å². The van der Waals surface area contributed by atoms with Crippen LogP contribution in [0.25, 0.3) is 0 Å². The molecule has 0 aliphatic heterocycles. The summed E-state index contributed by atoms with van der Waals surface area (Å²) in [6.45, 7) is 2.41.